The molecule has 0 aromatic heterocycles. The summed E-state index contributed by atoms with van der Waals surface area (Å²) in [7, 11) is 1.65. The van der Waals surface area contributed by atoms with E-state index in [1.807, 2.05) is 30.5 Å². The zero-order valence-corrected chi connectivity index (χ0v) is 10.4. The fraction of sp³-hybridized carbons (Fsp3) is 0.267. The van der Waals surface area contributed by atoms with Gasteiger partial charge in [-0.2, -0.15) is 5.10 Å². The van der Waals surface area contributed by atoms with Gasteiger partial charge in [0.25, 0.3) is 0 Å². The summed E-state index contributed by atoms with van der Waals surface area (Å²) in [5, 5.41) is 4.05. The molecule has 1 aromatic carbocycles. The Morgan fingerprint density at radius 1 is 1.33 bits per heavy atom. The number of nitrogens with zero attached hydrogens (tertiary/aromatic N) is 1. The van der Waals surface area contributed by atoms with Crippen molar-refractivity contribution in [3.63, 3.8) is 0 Å². The standard InChI is InChI=1S/C15H16N2O/c1-3-4-5-6-12-16-17-13-11-14-7-9-15(18-2)10-8-14/h1,7-10,13,16H,4,11-12H2,2H3/b17-13+. The summed E-state index contributed by atoms with van der Waals surface area (Å²) in [5.74, 6) is 9.00. The third-order valence-corrected chi connectivity index (χ3v) is 2.15. The molecule has 0 spiro atoms. The first-order chi connectivity index (χ1) is 8.86. The molecule has 1 N–H and O–H groups in total. The fourth-order valence-electron chi connectivity index (χ4n) is 1.24. The van der Waals surface area contributed by atoms with Crippen LogP contribution in [0.5, 0.6) is 5.75 Å². The van der Waals surface area contributed by atoms with Gasteiger partial charge in [-0.25, -0.2) is 0 Å². The molecule has 92 valence electrons. The van der Waals surface area contributed by atoms with Gasteiger partial charge in [-0.05, 0) is 17.7 Å². The second kappa shape index (κ2) is 8.73. The predicted molar refractivity (Wildman–Crippen MR) is 74.4 cm³/mol. The Hall–Kier alpha value is -2.39. The van der Waals surface area contributed by atoms with E-state index in [1.165, 1.54) is 5.56 Å². The van der Waals surface area contributed by atoms with E-state index in [0.29, 0.717) is 13.0 Å². The number of methoxy groups -OCH3 is 1. The number of hydrogen-bond acceptors (Lipinski definition) is 3. The van der Waals surface area contributed by atoms with E-state index in [0.717, 1.165) is 12.2 Å². The van der Waals surface area contributed by atoms with E-state index in [1.54, 1.807) is 7.11 Å². The van der Waals surface area contributed by atoms with Crippen molar-refractivity contribution in [2.24, 2.45) is 5.10 Å². The summed E-state index contributed by atoms with van der Waals surface area (Å²) in [6, 6.07) is 7.89. The first kappa shape index (κ1) is 13.7. The monoisotopic (exact) mass is 240 g/mol. The maximum absolute atomic E-state index is 5.08. The van der Waals surface area contributed by atoms with E-state index in [4.69, 9.17) is 11.2 Å². The Morgan fingerprint density at radius 2 is 2.11 bits per heavy atom. The van der Waals surface area contributed by atoms with Crippen LogP contribution in [-0.4, -0.2) is 19.9 Å². The van der Waals surface area contributed by atoms with Gasteiger partial charge in [0.1, 0.15) is 5.75 Å². The Bertz CT molecular complexity index is 472. The number of benzene rings is 1. The van der Waals surface area contributed by atoms with Gasteiger partial charge >= 0.3 is 0 Å². The zero-order chi connectivity index (χ0) is 13.1. The third kappa shape index (κ3) is 5.63. The van der Waals surface area contributed by atoms with Gasteiger partial charge in [-0.15, -0.1) is 6.42 Å². The van der Waals surface area contributed by atoms with Crippen molar-refractivity contribution in [1.29, 1.82) is 0 Å². The van der Waals surface area contributed by atoms with Gasteiger partial charge in [-0.3, -0.25) is 5.43 Å². The topological polar surface area (TPSA) is 33.6 Å². The largest absolute Gasteiger partial charge is 0.497 e. The Kier molecular flexibility index (Phi) is 6.63. The van der Waals surface area contributed by atoms with Crippen LogP contribution in [0, 0.1) is 24.2 Å². The Balaban J connectivity index is 2.24. The minimum Gasteiger partial charge on any atom is -0.497 e. The summed E-state index contributed by atoms with van der Waals surface area (Å²) in [5.41, 5.74) is 4.02. The van der Waals surface area contributed by atoms with Gasteiger partial charge in [0.2, 0.25) is 0 Å². The van der Waals surface area contributed by atoms with Crippen LogP contribution in [0.15, 0.2) is 29.4 Å². The predicted octanol–water partition coefficient (Wildman–Crippen LogP) is 1.84. The number of terminal acetylenes is 1. The highest BCUT2D eigenvalue weighted by Crippen LogP contribution is 2.10. The molecule has 18 heavy (non-hydrogen) atoms. The lowest BCUT2D eigenvalue weighted by Gasteiger charge is -2.00. The molecule has 0 aliphatic rings. The third-order valence-electron chi connectivity index (χ3n) is 2.15. The lowest BCUT2D eigenvalue weighted by atomic mass is 10.2. The molecule has 3 nitrogen and oxygen atoms in total. The fourth-order valence-corrected chi connectivity index (χ4v) is 1.24. The van der Waals surface area contributed by atoms with Crippen LogP contribution in [0.2, 0.25) is 0 Å². The molecule has 0 saturated heterocycles. The van der Waals surface area contributed by atoms with Crippen molar-refractivity contribution in [1.82, 2.24) is 5.43 Å². The minimum atomic E-state index is 0.483. The van der Waals surface area contributed by atoms with Crippen molar-refractivity contribution in [3.05, 3.63) is 29.8 Å². The number of hydrogen-bond donors (Lipinski definition) is 1. The van der Waals surface area contributed by atoms with Crippen molar-refractivity contribution in [2.75, 3.05) is 13.7 Å². The summed E-state index contributed by atoms with van der Waals surface area (Å²) >= 11 is 0. The maximum Gasteiger partial charge on any atom is 0.118 e. The Labute approximate surface area is 108 Å². The second-order valence-electron chi connectivity index (χ2n) is 3.43. The minimum absolute atomic E-state index is 0.483. The molecule has 0 bridgehead atoms. The zero-order valence-electron chi connectivity index (χ0n) is 10.4. The van der Waals surface area contributed by atoms with E-state index in [9.17, 15) is 0 Å². The molecule has 0 aliphatic carbocycles. The molecule has 0 amide bonds. The highest BCUT2D eigenvalue weighted by atomic mass is 16.5. The van der Waals surface area contributed by atoms with Gasteiger partial charge in [0, 0.05) is 12.6 Å². The summed E-state index contributed by atoms with van der Waals surface area (Å²) < 4.78 is 5.08. The van der Waals surface area contributed by atoms with E-state index in [-0.39, 0.29) is 0 Å². The normalized spacial score (nSPS) is 9.33. The molecular weight excluding hydrogens is 224 g/mol. The molecule has 1 aromatic rings. The Morgan fingerprint density at radius 3 is 2.78 bits per heavy atom. The van der Waals surface area contributed by atoms with Gasteiger partial charge in [-0.1, -0.05) is 29.9 Å². The first-order valence-electron chi connectivity index (χ1n) is 5.63. The lowest BCUT2D eigenvalue weighted by Crippen LogP contribution is -2.05. The summed E-state index contributed by atoms with van der Waals surface area (Å²) in [6.45, 7) is 0.515. The second-order valence-corrected chi connectivity index (χ2v) is 3.43. The summed E-state index contributed by atoms with van der Waals surface area (Å²) in [6.07, 6.45) is 8.13. The average molecular weight is 240 g/mol. The number of nitrogens with one attached hydrogen (secondary N) is 1. The van der Waals surface area contributed by atoms with Crippen molar-refractivity contribution < 1.29 is 4.74 Å². The molecule has 0 atom stereocenters. The average Bonchev–Trinajstić information content (AvgIpc) is 2.42. The van der Waals surface area contributed by atoms with E-state index >= 15 is 0 Å². The van der Waals surface area contributed by atoms with Crippen LogP contribution in [0.4, 0.5) is 0 Å². The molecule has 3 heteroatoms. The van der Waals surface area contributed by atoms with E-state index in [2.05, 4.69) is 28.3 Å². The molecule has 0 radical (unpaired) electrons. The number of hydrazone groups is 1. The molecule has 0 unspecified atom stereocenters. The molecule has 1 rings (SSSR count). The van der Waals surface area contributed by atoms with Crippen molar-refractivity contribution in [2.45, 2.75) is 12.8 Å². The highest BCUT2D eigenvalue weighted by Gasteiger charge is 1.91. The van der Waals surface area contributed by atoms with Crippen LogP contribution >= 0.6 is 0 Å². The number of ether oxygens (including phenoxy) is 1. The van der Waals surface area contributed by atoms with Gasteiger partial charge < -0.3 is 4.74 Å². The van der Waals surface area contributed by atoms with Crippen LogP contribution in [-0.2, 0) is 6.42 Å². The van der Waals surface area contributed by atoms with Gasteiger partial charge in [0.05, 0.1) is 20.1 Å². The molecule has 0 fully saturated rings. The van der Waals surface area contributed by atoms with Crippen molar-refractivity contribution >= 4 is 6.21 Å². The smallest absolute Gasteiger partial charge is 0.118 e. The SMILES string of the molecule is C#CCC#CCN/N=C/Cc1ccc(OC)cc1. The first-order valence-corrected chi connectivity index (χ1v) is 5.63. The van der Waals surface area contributed by atoms with E-state index < -0.39 is 0 Å². The van der Waals surface area contributed by atoms with Crippen LogP contribution in [0.3, 0.4) is 0 Å². The molecule has 0 heterocycles. The van der Waals surface area contributed by atoms with Crippen molar-refractivity contribution in [3.8, 4) is 29.9 Å². The maximum atomic E-state index is 5.08. The van der Waals surface area contributed by atoms with Crippen LogP contribution in [0.25, 0.3) is 0 Å². The number of rotatable bonds is 5. The molecular formula is C15H16N2O. The lowest BCUT2D eigenvalue weighted by molar-refractivity contribution is 0.414. The molecule has 0 saturated carbocycles. The molecule has 0 aliphatic heterocycles. The van der Waals surface area contributed by atoms with Crippen LogP contribution < -0.4 is 10.2 Å². The van der Waals surface area contributed by atoms with Crippen LogP contribution in [0.1, 0.15) is 12.0 Å². The quantitative estimate of drug-likeness (QED) is 0.369. The summed E-state index contributed by atoms with van der Waals surface area (Å²) in [4.78, 5) is 0. The van der Waals surface area contributed by atoms with Gasteiger partial charge in [0.15, 0.2) is 0 Å². The highest BCUT2D eigenvalue weighted by molar-refractivity contribution is 5.61.